The molecule has 0 aliphatic carbocycles. The highest BCUT2D eigenvalue weighted by Crippen LogP contribution is 2.22. The zero-order chi connectivity index (χ0) is 13.1. The first-order valence-electron chi connectivity index (χ1n) is 5.26. The summed E-state index contributed by atoms with van der Waals surface area (Å²) in [5, 5.41) is 18.3. The van der Waals surface area contributed by atoms with Gasteiger partial charge in [0.15, 0.2) is 0 Å². The first-order chi connectivity index (χ1) is 8.67. The fourth-order valence-electron chi connectivity index (χ4n) is 1.63. The Morgan fingerprint density at radius 3 is 2.94 bits per heavy atom. The molecular formula is C12H11ClN4O. The third kappa shape index (κ3) is 2.22. The summed E-state index contributed by atoms with van der Waals surface area (Å²) in [5.74, 6) is 0. The van der Waals surface area contributed by atoms with Gasteiger partial charge in [-0.3, -0.25) is 0 Å². The van der Waals surface area contributed by atoms with E-state index in [2.05, 4.69) is 4.98 Å². The largest absolute Gasteiger partial charge is 0.394 e. The van der Waals surface area contributed by atoms with Crippen LogP contribution in [0.1, 0.15) is 17.3 Å². The number of nitriles is 1. The van der Waals surface area contributed by atoms with Crippen molar-refractivity contribution in [3.05, 3.63) is 47.0 Å². The number of nitrogens with zero attached hydrogens (tertiary/aromatic N) is 3. The maximum atomic E-state index is 9.08. The fourth-order valence-corrected chi connectivity index (χ4v) is 1.85. The second-order valence-corrected chi connectivity index (χ2v) is 4.16. The van der Waals surface area contributed by atoms with Crippen molar-refractivity contribution in [3.63, 3.8) is 0 Å². The molecule has 1 unspecified atom stereocenters. The molecule has 0 spiro atoms. The van der Waals surface area contributed by atoms with E-state index in [4.69, 9.17) is 27.7 Å². The van der Waals surface area contributed by atoms with E-state index in [0.29, 0.717) is 16.3 Å². The monoisotopic (exact) mass is 262 g/mol. The van der Waals surface area contributed by atoms with Crippen LogP contribution in [-0.4, -0.2) is 21.3 Å². The lowest BCUT2D eigenvalue weighted by molar-refractivity contribution is 0.265. The highest BCUT2D eigenvalue weighted by Gasteiger charge is 2.12. The minimum Gasteiger partial charge on any atom is -0.394 e. The van der Waals surface area contributed by atoms with Crippen molar-refractivity contribution >= 4 is 11.6 Å². The maximum absolute atomic E-state index is 9.08. The van der Waals surface area contributed by atoms with Gasteiger partial charge in [-0.2, -0.15) is 5.26 Å². The van der Waals surface area contributed by atoms with Crippen LogP contribution in [0.4, 0.5) is 0 Å². The van der Waals surface area contributed by atoms with Gasteiger partial charge in [0.2, 0.25) is 0 Å². The van der Waals surface area contributed by atoms with Crippen LogP contribution in [0.2, 0.25) is 5.02 Å². The molecule has 6 heteroatoms. The quantitative estimate of drug-likeness (QED) is 0.875. The number of rotatable bonds is 3. The van der Waals surface area contributed by atoms with Gasteiger partial charge in [0.25, 0.3) is 0 Å². The van der Waals surface area contributed by atoms with Crippen LogP contribution in [0.25, 0.3) is 5.69 Å². The van der Waals surface area contributed by atoms with E-state index < -0.39 is 6.04 Å². The van der Waals surface area contributed by atoms with E-state index in [9.17, 15) is 0 Å². The normalized spacial score (nSPS) is 12.1. The smallest absolute Gasteiger partial charge is 0.101 e. The van der Waals surface area contributed by atoms with Gasteiger partial charge in [0.05, 0.1) is 41.5 Å². The molecule has 0 saturated heterocycles. The summed E-state index contributed by atoms with van der Waals surface area (Å²) in [6.07, 6.45) is 3.18. The predicted octanol–water partition coefficient (Wildman–Crippen LogP) is 1.39. The number of hydrogen-bond donors (Lipinski definition) is 2. The number of hydrogen-bond acceptors (Lipinski definition) is 4. The molecule has 1 aromatic heterocycles. The standard InChI is InChI=1S/C12H11ClN4O/c13-10-3-9(2-1-8(10)4-14)17-7-16-5-12(17)11(15)6-18/h1-3,5,7,11,18H,6,15H2. The summed E-state index contributed by atoms with van der Waals surface area (Å²) in [6.45, 7) is -0.171. The van der Waals surface area contributed by atoms with Gasteiger partial charge in [0, 0.05) is 5.69 Å². The average Bonchev–Trinajstić information content (AvgIpc) is 2.86. The average molecular weight is 263 g/mol. The van der Waals surface area contributed by atoms with E-state index in [1.54, 1.807) is 35.3 Å². The van der Waals surface area contributed by atoms with Crippen LogP contribution in [0.3, 0.4) is 0 Å². The second-order valence-electron chi connectivity index (χ2n) is 3.75. The number of nitrogens with two attached hydrogens (primary N) is 1. The zero-order valence-corrected chi connectivity index (χ0v) is 10.2. The molecule has 0 aliphatic rings. The molecule has 3 N–H and O–H groups in total. The summed E-state index contributed by atoms with van der Waals surface area (Å²) in [5.41, 5.74) is 7.61. The number of aliphatic hydroxyl groups excluding tert-OH is 1. The van der Waals surface area contributed by atoms with E-state index >= 15 is 0 Å². The third-order valence-electron chi connectivity index (χ3n) is 2.59. The van der Waals surface area contributed by atoms with Crippen LogP contribution in [-0.2, 0) is 0 Å². The van der Waals surface area contributed by atoms with Gasteiger partial charge in [-0.05, 0) is 18.2 Å². The molecule has 1 atom stereocenters. The molecule has 0 radical (unpaired) electrons. The minimum atomic E-state index is -0.512. The number of halogens is 1. The van der Waals surface area contributed by atoms with Crippen LogP contribution < -0.4 is 5.73 Å². The first kappa shape index (κ1) is 12.6. The molecule has 0 bridgehead atoms. The molecule has 1 aromatic carbocycles. The highest BCUT2D eigenvalue weighted by atomic mass is 35.5. The topological polar surface area (TPSA) is 87.9 Å². The molecule has 0 fully saturated rings. The van der Waals surface area contributed by atoms with Crippen molar-refractivity contribution in [1.29, 1.82) is 5.26 Å². The van der Waals surface area contributed by atoms with Crippen LogP contribution in [0, 0.1) is 11.3 Å². The van der Waals surface area contributed by atoms with Gasteiger partial charge < -0.3 is 15.4 Å². The predicted molar refractivity (Wildman–Crippen MR) is 67.3 cm³/mol. The zero-order valence-electron chi connectivity index (χ0n) is 9.42. The molecular weight excluding hydrogens is 252 g/mol. The molecule has 5 nitrogen and oxygen atoms in total. The lowest BCUT2D eigenvalue weighted by atomic mass is 10.2. The van der Waals surface area contributed by atoms with Crippen LogP contribution in [0.15, 0.2) is 30.7 Å². The Balaban J connectivity index is 2.47. The van der Waals surface area contributed by atoms with E-state index in [-0.39, 0.29) is 6.61 Å². The lowest BCUT2D eigenvalue weighted by Crippen LogP contribution is -2.18. The Bertz CT molecular complexity index is 602. The van der Waals surface area contributed by atoms with Gasteiger partial charge in [-0.25, -0.2) is 4.98 Å². The molecule has 2 aromatic rings. The SMILES string of the molecule is N#Cc1ccc(-n2cncc2C(N)CO)cc1Cl. The van der Waals surface area contributed by atoms with Gasteiger partial charge in [-0.15, -0.1) is 0 Å². The number of aromatic nitrogens is 2. The summed E-state index contributed by atoms with van der Waals surface area (Å²) >= 11 is 5.98. The van der Waals surface area contributed by atoms with Crippen molar-refractivity contribution in [1.82, 2.24) is 9.55 Å². The molecule has 0 amide bonds. The van der Waals surface area contributed by atoms with E-state index in [1.807, 2.05) is 6.07 Å². The summed E-state index contributed by atoms with van der Waals surface area (Å²) in [7, 11) is 0. The number of imidazole rings is 1. The maximum Gasteiger partial charge on any atom is 0.101 e. The molecule has 0 saturated carbocycles. The van der Waals surface area contributed by atoms with Gasteiger partial charge in [-0.1, -0.05) is 11.6 Å². The second kappa shape index (κ2) is 5.19. The Hall–Kier alpha value is -1.87. The van der Waals surface area contributed by atoms with Crippen molar-refractivity contribution in [3.8, 4) is 11.8 Å². The molecule has 18 heavy (non-hydrogen) atoms. The Morgan fingerprint density at radius 2 is 2.33 bits per heavy atom. The van der Waals surface area contributed by atoms with Crippen molar-refractivity contribution < 1.29 is 5.11 Å². The summed E-state index contributed by atoms with van der Waals surface area (Å²) in [6, 6.07) is 6.53. The molecule has 0 aliphatic heterocycles. The highest BCUT2D eigenvalue weighted by molar-refractivity contribution is 6.31. The van der Waals surface area contributed by atoms with Crippen molar-refractivity contribution in [2.24, 2.45) is 5.73 Å². The van der Waals surface area contributed by atoms with Gasteiger partial charge in [0.1, 0.15) is 6.07 Å². The molecule has 92 valence electrons. The van der Waals surface area contributed by atoms with Crippen LogP contribution >= 0.6 is 11.6 Å². The Morgan fingerprint density at radius 1 is 1.56 bits per heavy atom. The molecule has 2 rings (SSSR count). The van der Waals surface area contributed by atoms with Gasteiger partial charge >= 0.3 is 0 Å². The minimum absolute atomic E-state index is 0.171. The first-order valence-corrected chi connectivity index (χ1v) is 5.64. The number of benzene rings is 1. The number of aliphatic hydroxyl groups is 1. The lowest BCUT2D eigenvalue weighted by Gasteiger charge is -2.12. The van der Waals surface area contributed by atoms with E-state index in [0.717, 1.165) is 5.69 Å². The summed E-state index contributed by atoms with van der Waals surface area (Å²) < 4.78 is 1.73. The Labute approximate surface area is 109 Å². The van der Waals surface area contributed by atoms with Crippen molar-refractivity contribution in [2.45, 2.75) is 6.04 Å². The third-order valence-corrected chi connectivity index (χ3v) is 2.91. The van der Waals surface area contributed by atoms with Crippen LogP contribution in [0.5, 0.6) is 0 Å². The van der Waals surface area contributed by atoms with Crippen molar-refractivity contribution in [2.75, 3.05) is 6.61 Å². The van der Waals surface area contributed by atoms with E-state index in [1.165, 1.54) is 0 Å². The fraction of sp³-hybridized carbons (Fsp3) is 0.167. The molecule has 1 heterocycles. The summed E-state index contributed by atoms with van der Waals surface area (Å²) in [4.78, 5) is 4.00. The Kier molecular flexibility index (Phi) is 3.63.